The first-order valence-electron chi connectivity index (χ1n) is 9.30. The van der Waals surface area contributed by atoms with Crippen LogP contribution in [0.4, 0.5) is 0 Å². The third-order valence-corrected chi connectivity index (χ3v) is 3.48. The molecule has 0 radical (unpaired) electrons. The fourth-order valence-corrected chi connectivity index (χ4v) is 2.16. The lowest BCUT2D eigenvalue weighted by molar-refractivity contribution is -0.142. The van der Waals surface area contributed by atoms with Gasteiger partial charge in [-0.05, 0) is 6.42 Å². The number of rotatable bonds is 20. The number of carboxylic acid groups (broad SMARTS) is 1. The molecule has 0 atom stereocenters. The van der Waals surface area contributed by atoms with Crippen molar-refractivity contribution in [3.8, 4) is 0 Å². The number of hydrogen-bond donors (Lipinski definition) is 1. The van der Waals surface area contributed by atoms with Crippen LogP contribution in [0.25, 0.3) is 0 Å². The lowest BCUT2D eigenvalue weighted by atomic mass is 10.1. The molecule has 0 amide bonds. The first-order valence-corrected chi connectivity index (χ1v) is 9.30. The van der Waals surface area contributed by atoms with Gasteiger partial charge in [-0.25, -0.2) is 4.79 Å². The molecule has 0 saturated carbocycles. The molecule has 0 aromatic heterocycles. The number of carboxylic acids is 1. The van der Waals surface area contributed by atoms with Crippen LogP contribution in [0, 0.1) is 0 Å². The third kappa shape index (κ3) is 21.3. The summed E-state index contributed by atoms with van der Waals surface area (Å²) in [6.07, 6.45) is 10.5. The first-order chi connectivity index (χ1) is 11.8. The van der Waals surface area contributed by atoms with Crippen LogP contribution in [0.15, 0.2) is 0 Å². The highest BCUT2D eigenvalue weighted by Crippen LogP contribution is 2.08. The van der Waals surface area contributed by atoms with Crippen molar-refractivity contribution in [2.75, 3.05) is 52.9 Å². The summed E-state index contributed by atoms with van der Waals surface area (Å²) in [7, 11) is 0. The molecule has 24 heavy (non-hydrogen) atoms. The van der Waals surface area contributed by atoms with Crippen LogP contribution in [-0.4, -0.2) is 63.9 Å². The molecule has 0 saturated heterocycles. The molecule has 0 spiro atoms. The van der Waals surface area contributed by atoms with Gasteiger partial charge in [0.25, 0.3) is 0 Å². The van der Waals surface area contributed by atoms with Gasteiger partial charge in [0.15, 0.2) is 0 Å². The van der Waals surface area contributed by atoms with E-state index < -0.39 is 5.97 Å². The minimum Gasteiger partial charge on any atom is -0.480 e. The quantitative estimate of drug-likeness (QED) is 0.340. The van der Waals surface area contributed by atoms with E-state index in [0.29, 0.717) is 33.0 Å². The Kier molecular flexibility index (Phi) is 19.8. The van der Waals surface area contributed by atoms with Crippen molar-refractivity contribution in [1.29, 1.82) is 0 Å². The summed E-state index contributed by atoms with van der Waals surface area (Å²) in [5.74, 6) is -0.967. The molecule has 0 aliphatic rings. The third-order valence-electron chi connectivity index (χ3n) is 3.48. The number of hydrogen-bond acceptors (Lipinski definition) is 5. The molecule has 0 fully saturated rings. The molecule has 0 rings (SSSR count). The van der Waals surface area contributed by atoms with Crippen LogP contribution in [0.2, 0.25) is 0 Å². The highest BCUT2D eigenvalue weighted by atomic mass is 16.6. The van der Waals surface area contributed by atoms with Gasteiger partial charge in [-0.2, -0.15) is 0 Å². The van der Waals surface area contributed by atoms with E-state index >= 15 is 0 Å². The highest BCUT2D eigenvalue weighted by Gasteiger charge is 1.96. The zero-order valence-electron chi connectivity index (χ0n) is 15.3. The zero-order chi connectivity index (χ0) is 17.7. The van der Waals surface area contributed by atoms with Gasteiger partial charge in [0.1, 0.15) is 6.61 Å². The topological polar surface area (TPSA) is 74.2 Å². The van der Waals surface area contributed by atoms with Crippen LogP contribution in [0.3, 0.4) is 0 Å². The molecule has 0 bridgehead atoms. The van der Waals surface area contributed by atoms with Crippen molar-refractivity contribution < 1.29 is 28.8 Å². The Morgan fingerprint density at radius 3 is 1.54 bits per heavy atom. The van der Waals surface area contributed by atoms with Crippen molar-refractivity contribution in [3.05, 3.63) is 0 Å². The van der Waals surface area contributed by atoms with Crippen molar-refractivity contribution >= 4 is 5.97 Å². The van der Waals surface area contributed by atoms with Gasteiger partial charge in [0.2, 0.25) is 0 Å². The molecule has 0 aromatic rings. The Morgan fingerprint density at radius 2 is 1.04 bits per heavy atom. The molecule has 0 heterocycles. The monoisotopic (exact) mass is 348 g/mol. The maximum Gasteiger partial charge on any atom is 0.329 e. The molecule has 0 aromatic carbocycles. The molecular weight excluding hydrogens is 312 g/mol. The smallest absolute Gasteiger partial charge is 0.329 e. The maximum atomic E-state index is 10.2. The second-order valence-corrected chi connectivity index (χ2v) is 5.76. The SMILES string of the molecule is CCCCCCCCCCOCCOCCOCCOCC(=O)O. The number of unbranched alkanes of at least 4 members (excludes halogenated alkanes) is 7. The van der Waals surface area contributed by atoms with Gasteiger partial charge < -0.3 is 24.1 Å². The van der Waals surface area contributed by atoms with Gasteiger partial charge in [0.05, 0.1) is 39.6 Å². The first kappa shape index (κ1) is 23.3. The summed E-state index contributed by atoms with van der Waals surface area (Å²) in [6, 6.07) is 0. The largest absolute Gasteiger partial charge is 0.480 e. The van der Waals surface area contributed by atoms with Gasteiger partial charge in [-0.15, -0.1) is 0 Å². The number of carbonyl (C=O) groups is 1. The molecule has 6 nitrogen and oxygen atoms in total. The van der Waals surface area contributed by atoms with Crippen LogP contribution < -0.4 is 0 Å². The van der Waals surface area contributed by atoms with Crippen molar-refractivity contribution in [2.24, 2.45) is 0 Å². The molecular formula is C18H36O6. The molecule has 0 unspecified atom stereocenters. The normalized spacial score (nSPS) is 11.0. The molecule has 0 aliphatic carbocycles. The predicted molar refractivity (Wildman–Crippen MR) is 93.5 cm³/mol. The average Bonchev–Trinajstić information content (AvgIpc) is 2.56. The van der Waals surface area contributed by atoms with E-state index in [-0.39, 0.29) is 13.2 Å². The molecule has 6 heteroatoms. The van der Waals surface area contributed by atoms with Crippen molar-refractivity contribution in [1.82, 2.24) is 0 Å². The summed E-state index contributed by atoms with van der Waals surface area (Å²) < 4.78 is 21.0. The summed E-state index contributed by atoms with van der Waals surface area (Å²) >= 11 is 0. The van der Waals surface area contributed by atoms with Gasteiger partial charge >= 0.3 is 5.97 Å². The van der Waals surface area contributed by atoms with Crippen LogP contribution in [0.5, 0.6) is 0 Å². The fraction of sp³-hybridized carbons (Fsp3) is 0.944. The highest BCUT2D eigenvalue weighted by molar-refractivity contribution is 5.67. The summed E-state index contributed by atoms with van der Waals surface area (Å²) in [5, 5.41) is 8.36. The van der Waals surface area contributed by atoms with Crippen LogP contribution in [-0.2, 0) is 23.7 Å². The molecule has 144 valence electrons. The molecule has 1 N–H and O–H groups in total. The molecule has 0 aliphatic heterocycles. The van der Waals surface area contributed by atoms with E-state index in [1.54, 1.807) is 0 Å². The summed E-state index contributed by atoms with van der Waals surface area (Å²) in [6.45, 7) is 5.64. The van der Waals surface area contributed by atoms with Crippen LogP contribution >= 0.6 is 0 Å². The van der Waals surface area contributed by atoms with E-state index in [1.165, 1.54) is 44.9 Å². The van der Waals surface area contributed by atoms with E-state index in [9.17, 15) is 4.79 Å². The lowest BCUT2D eigenvalue weighted by Gasteiger charge is -2.07. The van der Waals surface area contributed by atoms with Crippen molar-refractivity contribution in [3.63, 3.8) is 0 Å². The van der Waals surface area contributed by atoms with E-state index in [0.717, 1.165) is 13.0 Å². The maximum absolute atomic E-state index is 10.2. The zero-order valence-corrected chi connectivity index (χ0v) is 15.3. The minimum absolute atomic E-state index is 0.282. The van der Waals surface area contributed by atoms with Gasteiger partial charge in [-0.1, -0.05) is 51.9 Å². The van der Waals surface area contributed by atoms with E-state index in [4.69, 9.17) is 24.1 Å². The Bertz CT molecular complexity index is 260. The Hall–Kier alpha value is -0.690. The van der Waals surface area contributed by atoms with Crippen molar-refractivity contribution in [2.45, 2.75) is 58.3 Å². The summed E-state index contributed by atoms with van der Waals surface area (Å²) in [5.41, 5.74) is 0. The fourth-order valence-electron chi connectivity index (χ4n) is 2.16. The Morgan fingerprint density at radius 1 is 0.625 bits per heavy atom. The second kappa shape index (κ2) is 20.4. The summed E-state index contributed by atoms with van der Waals surface area (Å²) in [4.78, 5) is 10.2. The van der Waals surface area contributed by atoms with E-state index in [1.807, 2.05) is 0 Å². The predicted octanol–water partition coefficient (Wildman–Crippen LogP) is 3.28. The Balaban J connectivity index is 2.97. The van der Waals surface area contributed by atoms with E-state index in [2.05, 4.69) is 6.92 Å². The second-order valence-electron chi connectivity index (χ2n) is 5.76. The van der Waals surface area contributed by atoms with Gasteiger partial charge in [0, 0.05) is 6.61 Å². The average molecular weight is 348 g/mol. The standard InChI is InChI=1S/C18H36O6/c1-2-3-4-5-6-7-8-9-10-21-11-12-22-13-14-23-15-16-24-17-18(19)20/h2-17H2,1H3,(H,19,20). The number of ether oxygens (including phenoxy) is 4. The lowest BCUT2D eigenvalue weighted by Crippen LogP contribution is -2.14. The Labute approximate surface area is 146 Å². The number of aliphatic carboxylic acids is 1. The van der Waals surface area contributed by atoms with Gasteiger partial charge in [-0.3, -0.25) is 0 Å². The van der Waals surface area contributed by atoms with Crippen LogP contribution in [0.1, 0.15) is 58.3 Å². The minimum atomic E-state index is -0.967.